The number of nitrogens with one attached hydrogen (secondary N) is 2. The van der Waals surface area contributed by atoms with Crippen molar-refractivity contribution in [1.82, 2.24) is 0 Å². The van der Waals surface area contributed by atoms with Crippen LogP contribution in [0.15, 0.2) is 48.5 Å². The average molecular weight is 339 g/mol. The van der Waals surface area contributed by atoms with Gasteiger partial charge < -0.3 is 15.5 Å². The Morgan fingerprint density at radius 2 is 1.24 bits per heavy atom. The van der Waals surface area contributed by atoms with Gasteiger partial charge in [0.25, 0.3) is 0 Å². The van der Waals surface area contributed by atoms with E-state index in [2.05, 4.69) is 29.4 Å². The summed E-state index contributed by atoms with van der Waals surface area (Å²) >= 11 is 0. The van der Waals surface area contributed by atoms with Crippen LogP contribution in [0.1, 0.15) is 25.8 Å². The second-order valence-electron chi connectivity index (χ2n) is 5.86. The van der Waals surface area contributed by atoms with Crippen LogP contribution in [0.5, 0.6) is 0 Å². The molecule has 0 aromatic heterocycles. The lowest BCUT2D eigenvalue weighted by atomic mass is 10.2. The topological polar surface area (TPSA) is 61.4 Å². The van der Waals surface area contributed by atoms with E-state index in [-0.39, 0.29) is 18.2 Å². The number of anilines is 3. The molecule has 0 spiro atoms. The number of nitrogens with zero attached hydrogens (tertiary/aromatic N) is 1. The molecule has 0 bridgehead atoms. The highest BCUT2D eigenvalue weighted by Crippen LogP contribution is 2.18. The van der Waals surface area contributed by atoms with Gasteiger partial charge in [-0.15, -0.1) is 0 Å². The van der Waals surface area contributed by atoms with Crippen molar-refractivity contribution in [1.29, 1.82) is 0 Å². The molecule has 0 atom stereocenters. The van der Waals surface area contributed by atoms with Gasteiger partial charge in [0.1, 0.15) is 6.42 Å². The SMILES string of the molecule is CCN(CC)c1ccc(NC(=O)CC(=O)Nc2ccc(C)cc2)cc1. The molecule has 2 aromatic carbocycles. The zero-order chi connectivity index (χ0) is 18.2. The van der Waals surface area contributed by atoms with E-state index >= 15 is 0 Å². The molecule has 5 heteroatoms. The van der Waals surface area contributed by atoms with E-state index in [9.17, 15) is 9.59 Å². The molecule has 0 heterocycles. The summed E-state index contributed by atoms with van der Waals surface area (Å²) in [6.07, 6.45) is -0.217. The predicted octanol–water partition coefficient (Wildman–Crippen LogP) is 3.81. The Morgan fingerprint density at radius 1 is 0.800 bits per heavy atom. The van der Waals surface area contributed by atoms with E-state index in [0.29, 0.717) is 11.4 Å². The normalized spacial score (nSPS) is 10.2. The van der Waals surface area contributed by atoms with Gasteiger partial charge in [-0.3, -0.25) is 9.59 Å². The molecule has 0 fully saturated rings. The number of hydrogen-bond acceptors (Lipinski definition) is 3. The largest absolute Gasteiger partial charge is 0.372 e. The molecule has 2 aromatic rings. The van der Waals surface area contributed by atoms with Crippen LogP contribution in [0.4, 0.5) is 17.1 Å². The van der Waals surface area contributed by atoms with Gasteiger partial charge in [0.2, 0.25) is 11.8 Å². The van der Waals surface area contributed by atoms with Crippen LogP contribution in [0, 0.1) is 6.92 Å². The molecule has 2 amide bonds. The van der Waals surface area contributed by atoms with Crippen molar-refractivity contribution < 1.29 is 9.59 Å². The summed E-state index contributed by atoms with van der Waals surface area (Å²) in [6.45, 7) is 8.05. The lowest BCUT2D eigenvalue weighted by Crippen LogP contribution is -2.22. The van der Waals surface area contributed by atoms with Crippen molar-refractivity contribution in [3.8, 4) is 0 Å². The Labute approximate surface area is 149 Å². The summed E-state index contributed by atoms with van der Waals surface area (Å²) < 4.78 is 0. The number of hydrogen-bond donors (Lipinski definition) is 2. The van der Waals surface area contributed by atoms with Crippen molar-refractivity contribution in [2.75, 3.05) is 28.6 Å². The van der Waals surface area contributed by atoms with Crippen molar-refractivity contribution >= 4 is 28.9 Å². The Morgan fingerprint density at radius 3 is 1.68 bits per heavy atom. The number of carbonyl (C=O) groups is 2. The third kappa shape index (κ3) is 5.64. The monoisotopic (exact) mass is 339 g/mol. The van der Waals surface area contributed by atoms with Gasteiger partial charge in [-0.05, 0) is 57.2 Å². The molecule has 25 heavy (non-hydrogen) atoms. The second kappa shape index (κ2) is 8.87. The minimum absolute atomic E-state index is 0.217. The molecule has 0 saturated carbocycles. The minimum Gasteiger partial charge on any atom is -0.372 e. The lowest BCUT2D eigenvalue weighted by molar-refractivity contribution is -0.123. The molecule has 0 radical (unpaired) electrons. The third-order valence-electron chi connectivity index (χ3n) is 3.94. The highest BCUT2D eigenvalue weighted by molar-refractivity contribution is 6.08. The summed E-state index contributed by atoms with van der Waals surface area (Å²) in [5, 5.41) is 5.47. The highest BCUT2D eigenvalue weighted by atomic mass is 16.2. The van der Waals surface area contributed by atoms with E-state index in [1.807, 2.05) is 55.5 Å². The Bertz CT molecular complexity index is 705. The zero-order valence-corrected chi connectivity index (χ0v) is 15.0. The highest BCUT2D eigenvalue weighted by Gasteiger charge is 2.10. The Balaban J connectivity index is 1.87. The van der Waals surface area contributed by atoms with Gasteiger partial charge in [-0.25, -0.2) is 0 Å². The molecule has 2 rings (SSSR count). The van der Waals surface area contributed by atoms with E-state index in [4.69, 9.17) is 0 Å². The fraction of sp³-hybridized carbons (Fsp3) is 0.300. The summed E-state index contributed by atoms with van der Waals surface area (Å²) in [5.74, 6) is -0.665. The molecule has 5 nitrogen and oxygen atoms in total. The quantitative estimate of drug-likeness (QED) is 0.754. The molecule has 0 aliphatic heterocycles. The van der Waals surface area contributed by atoms with Crippen molar-refractivity contribution in [2.24, 2.45) is 0 Å². The number of rotatable bonds is 7. The molecule has 0 aliphatic rings. The van der Waals surface area contributed by atoms with Crippen molar-refractivity contribution in [3.63, 3.8) is 0 Å². The summed E-state index contributed by atoms with van der Waals surface area (Å²) in [5.41, 5.74) is 3.60. The van der Waals surface area contributed by atoms with Gasteiger partial charge in [0.15, 0.2) is 0 Å². The first-order valence-corrected chi connectivity index (χ1v) is 8.53. The second-order valence-corrected chi connectivity index (χ2v) is 5.86. The van der Waals surface area contributed by atoms with Crippen molar-refractivity contribution in [2.45, 2.75) is 27.2 Å². The van der Waals surface area contributed by atoms with E-state index < -0.39 is 0 Å². The first-order chi connectivity index (χ1) is 12.0. The minimum atomic E-state index is -0.333. The van der Waals surface area contributed by atoms with Gasteiger partial charge in [0, 0.05) is 30.2 Å². The zero-order valence-electron chi connectivity index (χ0n) is 15.0. The van der Waals surface area contributed by atoms with Crippen LogP contribution in [0.3, 0.4) is 0 Å². The molecule has 0 unspecified atom stereocenters. The maximum absolute atomic E-state index is 12.0. The molecule has 0 saturated heterocycles. The smallest absolute Gasteiger partial charge is 0.233 e. The first kappa shape index (κ1) is 18.5. The number of amides is 2. The molecular weight excluding hydrogens is 314 g/mol. The fourth-order valence-corrected chi connectivity index (χ4v) is 2.54. The average Bonchev–Trinajstić information content (AvgIpc) is 2.59. The van der Waals surface area contributed by atoms with Gasteiger partial charge in [0.05, 0.1) is 0 Å². The summed E-state index contributed by atoms with van der Waals surface area (Å²) in [6, 6.07) is 15.1. The summed E-state index contributed by atoms with van der Waals surface area (Å²) in [7, 11) is 0. The predicted molar refractivity (Wildman–Crippen MR) is 103 cm³/mol. The molecule has 0 aliphatic carbocycles. The summed E-state index contributed by atoms with van der Waals surface area (Å²) in [4.78, 5) is 26.2. The standard InChI is InChI=1S/C20H25N3O2/c1-4-23(5-2)18-12-10-17(11-13-18)22-20(25)14-19(24)21-16-8-6-15(3)7-9-16/h6-13H,4-5,14H2,1-3H3,(H,21,24)(H,22,25). The molecule has 2 N–H and O–H groups in total. The number of aryl methyl sites for hydroxylation is 1. The molecular formula is C20H25N3O2. The third-order valence-corrected chi connectivity index (χ3v) is 3.94. The van der Waals surface area contributed by atoms with Crippen LogP contribution >= 0.6 is 0 Å². The van der Waals surface area contributed by atoms with Crippen molar-refractivity contribution in [3.05, 3.63) is 54.1 Å². The number of carbonyl (C=O) groups excluding carboxylic acids is 2. The van der Waals surface area contributed by atoms with Crippen LogP contribution < -0.4 is 15.5 Å². The van der Waals surface area contributed by atoms with Crippen LogP contribution in [0.25, 0.3) is 0 Å². The van der Waals surface area contributed by atoms with Crippen LogP contribution in [-0.4, -0.2) is 24.9 Å². The first-order valence-electron chi connectivity index (χ1n) is 8.53. The maximum atomic E-state index is 12.0. The Kier molecular flexibility index (Phi) is 6.57. The lowest BCUT2D eigenvalue weighted by Gasteiger charge is -2.21. The molecule has 132 valence electrons. The van der Waals surface area contributed by atoms with E-state index in [1.165, 1.54) is 0 Å². The van der Waals surface area contributed by atoms with E-state index in [1.54, 1.807) is 0 Å². The van der Waals surface area contributed by atoms with Gasteiger partial charge in [-0.1, -0.05) is 17.7 Å². The van der Waals surface area contributed by atoms with Gasteiger partial charge >= 0.3 is 0 Å². The maximum Gasteiger partial charge on any atom is 0.233 e. The van der Waals surface area contributed by atoms with Crippen LogP contribution in [0.2, 0.25) is 0 Å². The number of benzene rings is 2. The van der Waals surface area contributed by atoms with Gasteiger partial charge in [-0.2, -0.15) is 0 Å². The Hall–Kier alpha value is -2.82. The van der Waals surface area contributed by atoms with E-state index in [0.717, 1.165) is 24.3 Å². The fourth-order valence-electron chi connectivity index (χ4n) is 2.54. The van der Waals surface area contributed by atoms with Crippen LogP contribution in [-0.2, 0) is 9.59 Å².